The summed E-state index contributed by atoms with van der Waals surface area (Å²) in [6.45, 7) is 0. The van der Waals surface area contributed by atoms with Gasteiger partial charge in [0.15, 0.2) is 0 Å². The zero-order valence-electron chi connectivity index (χ0n) is 11.7. The van der Waals surface area contributed by atoms with E-state index in [4.69, 9.17) is 0 Å². The minimum absolute atomic E-state index is 0.229. The zero-order chi connectivity index (χ0) is 17.0. The van der Waals surface area contributed by atoms with Crippen LogP contribution in [0, 0.1) is 3.57 Å². The van der Waals surface area contributed by atoms with Gasteiger partial charge in [0.25, 0.3) is 5.91 Å². The highest BCUT2D eigenvalue weighted by Crippen LogP contribution is 2.20. The first-order chi connectivity index (χ1) is 10.8. The SMILES string of the molecule is O=C(N[C@@H](Cc1ccc(I)cc1)C(=O)O)c1cc(Br)cc(Br)c1. The molecule has 0 aliphatic rings. The minimum atomic E-state index is -1.06. The first-order valence-electron chi connectivity index (χ1n) is 6.59. The molecule has 2 aromatic rings. The summed E-state index contributed by atoms with van der Waals surface area (Å²) < 4.78 is 2.55. The Bertz CT molecular complexity index is 714. The van der Waals surface area contributed by atoms with E-state index in [0.29, 0.717) is 5.56 Å². The minimum Gasteiger partial charge on any atom is -0.480 e. The van der Waals surface area contributed by atoms with Crippen LogP contribution < -0.4 is 5.32 Å². The van der Waals surface area contributed by atoms with Crippen LogP contribution >= 0.6 is 54.5 Å². The van der Waals surface area contributed by atoms with Crippen molar-refractivity contribution in [1.29, 1.82) is 0 Å². The lowest BCUT2D eigenvalue weighted by Crippen LogP contribution is -2.42. The number of aliphatic carboxylic acids is 1. The lowest BCUT2D eigenvalue weighted by molar-refractivity contribution is -0.139. The molecule has 0 bridgehead atoms. The summed E-state index contributed by atoms with van der Waals surface area (Å²) in [5.41, 5.74) is 1.24. The van der Waals surface area contributed by atoms with Crippen molar-refractivity contribution in [3.63, 3.8) is 0 Å². The Morgan fingerprint density at radius 2 is 1.65 bits per heavy atom. The Morgan fingerprint density at radius 1 is 1.09 bits per heavy atom. The molecule has 1 amide bonds. The summed E-state index contributed by atoms with van der Waals surface area (Å²) in [5.74, 6) is -1.49. The number of carboxylic acid groups (broad SMARTS) is 1. The fraction of sp³-hybridized carbons (Fsp3) is 0.125. The number of hydrogen-bond acceptors (Lipinski definition) is 2. The molecule has 120 valence electrons. The average molecular weight is 553 g/mol. The van der Waals surface area contributed by atoms with E-state index in [9.17, 15) is 14.7 Å². The maximum atomic E-state index is 12.3. The monoisotopic (exact) mass is 551 g/mol. The number of hydrogen-bond donors (Lipinski definition) is 2. The van der Waals surface area contributed by atoms with Crippen molar-refractivity contribution in [3.8, 4) is 0 Å². The Kier molecular flexibility index (Phi) is 6.60. The molecular weight excluding hydrogens is 541 g/mol. The molecule has 1 atom stereocenters. The van der Waals surface area contributed by atoms with Gasteiger partial charge in [0, 0.05) is 24.5 Å². The maximum absolute atomic E-state index is 12.3. The molecule has 0 spiro atoms. The standard InChI is InChI=1S/C16H12Br2INO3/c17-11-6-10(7-12(18)8-11)15(21)20-14(16(22)23)5-9-1-3-13(19)4-2-9/h1-4,6-8,14H,5H2,(H,20,21)(H,22,23)/t14-/m0/s1. The zero-order valence-corrected chi connectivity index (χ0v) is 17.1. The molecule has 0 aliphatic carbocycles. The van der Waals surface area contributed by atoms with Crippen molar-refractivity contribution < 1.29 is 14.7 Å². The number of rotatable bonds is 5. The smallest absolute Gasteiger partial charge is 0.326 e. The van der Waals surface area contributed by atoms with Gasteiger partial charge in [0.2, 0.25) is 0 Å². The molecule has 2 rings (SSSR count). The third kappa shape index (κ3) is 5.58. The summed E-state index contributed by atoms with van der Waals surface area (Å²) in [5, 5.41) is 11.9. The largest absolute Gasteiger partial charge is 0.480 e. The van der Waals surface area contributed by atoms with Crippen molar-refractivity contribution in [2.24, 2.45) is 0 Å². The molecule has 4 nitrogen and oxygen atoms in total. The van der Waals surface area contributed by atoms with Crippen molar-refractivity contribution in [3.05, 3.63) is 66.1 Å². The summed E-state index contributed by atoms with van der Waals surface area (Å²) >= 11 is 8.80. The lowest BCUT2D eigenvalue weighted by atomic mass is 10.1. The highest BCUT2D eigenvalue weighted by Gasteiger charge is 2.21. The molecule has 0 unspecified atom stereocenters. The number of nitrogens with one attached hydrogen (secondary N) is 1. The first kappa shape index (κ1) is 18.4. The molecule has 7 heteroatoms. The quantitative estimate of drug-likeness (QED) is 0.545. The highest BCUT2D eigenvalue weighted by molar-refractivity contribution is 14.1. The molecule has 0 radical (unpaired) electrons. The molecule has 0 aromatic heterocycles. The molecule has 23 heavy (non-hydrogen) atoms. The molecule has 0 saturated carbocycles. The van der Waals surface area contributed by atoms with E-state index in [1.165, 1.54) is 0 Å². The predicted molar refractivity (Wildman–Crippen MR) is 104 cm³/mol. The van der Waals surface area contributed by atoms with Crippen LogP contribution in [0.15, 0.2) is 51.4 Å². The number of carboxylic acids is 1. The van der Waals surface area contributed by atoms with Gasteiger partial charge in [-0.2, -0.15) is 0 Å². The molecule has 0 heterocycles. The van der Waals surface area contributed by atoms with E-state index in [0.717, 1.165) is 18.1 Å². The molecule has 0 aliphatic heterocycles. The predicted octanol–water partition coefficient (Wildman–Crippen LogP) is 4.24. The van der Waals surface area contributed by atoms with Gasteiger partial charge < -0.3 is 10.4 Å². The van der Waals surface area contributed by atoms with Gasteiger partial charge in [-0.15, -0.1) is 0 Å². The molecular formula is C16H12Br2INO3. The fourth-order valence-electron chi connectivity index (χ4n) is 1.98. The third-order valence-electron chi connectivity index (χ3n) is 3.08. The normalized spacial score (nSPS) is 11.8. The van der Waals surface area contributed by atoms with Crippen LogP contribution in [0.1, 0.15) is 15.9 Å². The van der Waals surface area contributed by atoms with Gasteiger partial charge in [-0.25, -0.2) is 4.79 Å². The van der Waals surface area contributed by atoms with Crippen LogP contribution in [0.25, 0.3) is 0 Å². The van der Waals surface area contributed by atoms with Crippen molar-refractivity contribution >= 4 is 66.3 Å². The van der Waals surface area contributed by atoms with Gasteiger partial charge in [-0.05, 0) is 58.5 Å². The Labute approximate surface area is 164 Å². The van der Waals surface area contributed by atoms with E-state index < -0.39 is 17.9 Å². The van der Waals surface area contributed by atoms with Crippen LogP contribution in [0.3, 0.4) is 0 Å². The number of halogens is 3. The Morgan fingerprint density at radius 3 is 2.17 bits per heavy atom. The van der Waals surface area contributed by atoms with Crippen molar-refractivity contribution in [2.45, 2.75) is 12.5 Å². The molecule has 0 fully saturated rings. The molecule has 2 aromatic carbocycles. The third-order valence-corrected chi connectivity index (χ3v) is 4.72. The van der Waals surface area contributed by atoms with E-state index in [-0.39, 0.29) is 6.42 Å². The molecule has 0 saturated heterocycles. The van der Waals surface area contributed by atoms with Crippen LogP contribution in [0.5, 0.6) is 0 Å². The van der Waals surface area contributed by atoms with Gasteiger partial charge in [-0.3, -0.25) is 4.79 Å². The second-order valence-corrected chi connectivity index (χ2v) is 7.93. The van der Waals surface area contributed by atoms with Gasteiger partial charge in [-0.1, -0.05) is 44.0 Å². The van der Waals surface area contributed by atoms with Gasteiger partial charge in [0.05, 0.1) is 0 Å². The van der Waals surface area contributed by atoms with Gasteiger partial charge in [0.1, 0.15) is 6.04 Å². The number of amides is 1. The maximum Gasteiger partial charge on any atom is 0.326 e. The summed E-state index contributed by atoms with van der Waals surface area (Å²) in [7, 11) is 0. The molecule has 2 N–H and O–H groups in total. The summed E-state index contributed by atoms with van der Waals surface area (Å²) in [6.07, 6.45) is 0.229. The van der Waals surface area contributed by atoms with Crippen LogP contribution in [0.4, 0.5) is 0 Å². The summed E-state index contributed by atoms with van der Waals surface area (Å²) in [4.78, 5) is 23.7. The van der Waals surface area contributed by atoms with Crippen LogP contribution in [-0.4, -0.2) is 23.0 Å². The van der Waals surface area contributed by atoms with E-state index in [1.54, 1.807) is 18.2 Å². The van der Waals surface area contributed by atoms with Gasteiger partial charge >= 0.3 is 5.97 Å². The highest BCUT2D eigenvalue weighted by atomic mass is 127. The topological polar surface area (TPSA) is 66.4 Å². The Hall–Kier alpha value is -0.930. The number of benzene rings is 2. The second-order valence-electron chi connectivity index (χ2n) is 4.85. The van der Waals surface area contributed by atoms with E-state index in [2.05, 4.69) is 59.8 Å². The van der Waals surface area contributed by atoms with E-state index in [1.807, 2.05) is 24.3 Å². The van der Waals surface area contributed by atoms with E-state index >= 15 is 0 Å². The first-order valence-corrected chi connectivity index (χ1v) is 9.26. The Balaban J connectivity index is 2.14. The number of carbonyl (C=O) groups excluding carboxylic acids is 1. The summed E-state index contributed by atoms with van der Waals surface area (Å²) in [6, 6.07) is 11.6. The van der Waals surface area contributed by atoms with Crippen LogP contribution in [-0.2, 0) is 11.2 Å². The van der Waals surface area contributed by atoms with Crippen LogP contribution in [0.2, 0.25) is 0 Å². The lowest BCUT2D eigenvalue weighted by Gasteiger charge is -2.15. The average Bonchev–Trinajstić information content (AvgIpc) is 2.47. The second kappa shape index (κ2) is 8.25. The van der Waals surface area contributed by atoms with Crippen molar-refractivity contribution in [1.82, 2.24) is 5.32 Å². The van der Waals surface area contributed by atoms with Crippen molar-refractivity contribution in [2.75, 3.05) is 0 Å². The fourth-order valence-corrected chi connectivity index (χ4v) is 3.64. The number of carbonyl (C=O) groups is 2.